The zero-order chi connectivity index (χ0) is 20.8. The fourth-order valence-corrected chi connectivity index (χ4v) is 4.73. The largest absolute Gasteiger partial charge is 0.462 e. The Hall–Kier alpha value is -2.28. The van der Waals surface area contributed by atoms with E-state index in [-0.39, 0.29) is 18.3 Å². The third-order valence-corrected chi connectivity index (χ3v) is 6.35. The van der Waals surface area contributed by atoms with Gasteiger partial charge in [-0.25, -0.2) is 4.79 Å². The van der Waals surface area contributed by atoms with Gasteiger partial charge in [-0.1, -0.05) is 41.9 Å². The van der Waals surface area contributed by atoms with Crippen LogP contribution in [-0.4, -0.2) is 24.2 Å². The third-order valence-electron chi connectivity index (χ3n) is 4.06. The van der Waals surface area contributed by atoms with Crippen molar-refractivity contribution in [2.24, 2.45) is 0 Å². The van der Waals surface area contributed by atoms with Gasteiger partial charge in [0.15, 0.2) is 0 Å². The summed E-state index contributed by atoms with van der Waals surface area (Å²) < 4.78 is 5.26. The van der Waals surface area contributed by atoms with E-state index in [4.69, 9.17) is 16.3 Å². The second-order valence-corrected chi connectivity index (χ2v) is 8.82. The normalized spacial score (nSPS) is 10.6. The molecule has 3 aromatic rings. The molecule has 3 rings (SSSR count). The number of carbonyl (C=O) groups is 2. The minimum Gasteiger partial charge on any atom is -0.462 e. The summed E-state index contributed by atoms with van der Waals surface area (Å²) in [6, 6.07) is 17.0. The van der Waals surface area contributed by atoms with Crippen LogP contribution in [0, 0.1) is 6.92 Å². The molecule has 1 heterocycles. The lowest BCUT2D eigenvalue weighted by atomic mass is 10.0. The Morgan fingerprint density at radius 1 is 1.10 bits per heavy atom. The van der Waals surface area contributed by atoms with Crippen LogP contribution >= 0.6 is 34.7 Å². The number of nitrogens with one attached hydrogen (secondary N) is 1. The van der Waals surface area contributed by atoms with E-state index >= 15 is 0 Å². The number of amides is 1. The number of carbonyl (C=O) groups excluding carboxylic acids is 2. The van der Waals surface area contributed by atoms with Gasteiger partial charge in [-0.05, 0) is 43.7 Å². The highest BCUT2D eigenvalue weighted by atomic mass is 35.5. The minimum atomic E-state index is -0.434. The topological polar surface area (TPSA) is 55.4 Å². The van der Waals surface area contributed by atoms with E-state index in [9.17, 15) is 9.59 Å². The van der Waals surface area contributed by atoms with Gasteiger partial charge in [0.25, 0.3) is 0 Å². The number of esters is 1. The lowest BCUT2D eigenvalue weighted by Gasteiger charge is -2.09. The Balaban J connectivity index is 1.83. The standard InChI is InChI=1S/C22H20ClNO3S2/c1-3-27-22(26)20-19(15-7-5-4-6-8-15)14(2)29-21(20)24-18(25)13-28-17-11-9-16(23)10-12-17/h4-12H,3,13H2,1-2H3,(H,24,25). The van der Waals surface area contributed by atoms with Crippen molar-refractivity contribution in [1.29, 1.82) is 0 Å². The predicted octanol–water partition coefficient (Wildman–Crippen LogP) is 6.28. The van der Waals surface area contributed by atoms with Gasteiger partial charge in [-0.3, -0.25) is 4.79 Å². The summed E-state index contributed by atoms with van der Waals surface area (Å²) in [6.07, 6.45) is 0. The number of hydrogen-bond donors (Lipinski definition) is 1. The smallest absolute Gasteiger partial charge is 0.341 e. The second-order valence-electron chi connectivity index (χ2n) is 6.11. The highest BCUT2D eigenvalue weighted by Crippen LogP contribution is 2.40. The molecule has 0 bridgehead atoms. The lowest BCUT2D eigenvalue weighted by molar-refractivity contribution is -0.113. The first-order valence-electron chi connectivity index (χ1n) is 9.03. The van der Waals surface area contributed by atoms with Crippen molar-refractivity contribution in [3.8, 4) is 11.1 Å². The SMILES string of the molecule is CCOC(=O)c1c(NC(=O)CSc2ccc(Cl)cc2)sc(C)c1-c1ccccc1. The molecule has 0 unspecified atom stereocenters. The maximum atomic E-state index is 12.7. The summed E-state index contributed by atoms with van der Waals surface area (Å²) in [5.74, 6) is -0.394. The first kappa shape index (κ1) is 21.4. The number of hydrogen-bond acceptors (Lipinski definition) is 5. The molecule has 0 saturated carbocycles. The van der Waals surface area contributed by atoms with Crippen LogP contribution in [0.15, 0.2) is 59.5 Å². The van der Waals surface area contributed by atoms with Crippen LogP contribution in [0.2, 0.25) is 5.02 Å². The van der Waals surface area contributed by atoms with Crippen LogP contribution in [0.4, 0.5) is 5.00 Å². The predicted molar refractivity (Wildman–Crippen MR) is 121 cm³/mol. The quantitative estimate of drug-likeness (QED) is 0.343. The number of rotatable bonds is 7. The van der Waals surface area contributed by atoms with Crippen LogP contribution < -0.4 is 5.32 Å². The number of ether oxygens (including phenoxy) is 1. The van der Waals surface area contributed by atoms with E-state index < -0.39 is 5.97 Å². The lowest BCUT2D eigenvalue weighted by Crippen LogP contribution is -2.16. The molecular weight excluding hydrogens is 426 g/mol. The Labute approximate surface area is 183 Å². The molecule has 0 radical (unpaired) electrons. The van der Waals surface area contributed by atoms with E-state index in [1.165, 1.54) is 23.1 Å². The maximum Gasteiger partial charge on any atom is 0.341 e. The van der Waals surface area contributed by atoms with Gasteiger partial charge in [0, 0.05) is 20.4 Å². The summed E-state index contributed by atoms with van der Waals surface area (Å²) in [5.41, 5.74) is 2.13. The van der Waals surface area contributed by atoms with Crippen molar-refractivity contribution in [2.45, 2.75) is 18.7 Å². The van der Waals surface area contributed by atoms with E-state index in [0.29, 0.717) is 15.6 Å². The van der Waals surface area contributed by atoms with Gasteiger partial charge in [-0.15, -0.1) is 23.1 Å². The number of aryl methyl sites for hydroxylation is 1. The van der Waals surface area contributed by atoms with E-state index in [1.54, 1.807) is 19.1 Å². The molecule has 0 saturated heterocycles. The van der Waals surface area contributed by atoms with Crippen LogP contribution in [0.1, 0.15) is 22.2 Å². The average Bonchev–Trinajstić information content (AvgIpc) is 3.04. The number of thioether (sulfide) groups is 1. The maximum absolute atomic E-state index is 12.7. The third kappa shape index (κ3) is 5.41. The van der Waals surface area contributed by atoms with Crippen molar-refractivity contribution < 1.29 is 14.3 Å². The van der Waals surface area contributed by atoms with E-state index in [1.807, 2.05) is 49.4 Å². The van der Waals surface area contributed by atoms with Crippen molar-refractivity contribution in [2.75, 3.05) is 17.7 Å². The van der Waals surface area contributed by atoms with Gasteiger partial charge in [0.2, 0.25) is 5.91 Å². The minimum absolute atomic E-state index is 0.184. The molecule has 1 N–H and O–H groups in total. The molecule has 0 aliphatic heterocycles. The first-order valence-corrected chi connectivity index (χ1v) is 11.2. The molecule has 0 atom stereocenters. The van der Waals surface area contributed by atoms with E-state index in [0.717, 1.165) is 20.9 Å². The van der Waals surface area contributed by atoms with Gasteiger partial charge >= 0.3 is 5.97 Å². The second kappa shape index (κ2) is 9.96. The van der Waals surface area contributed by atoms with Gasteiger partial charge in [0.05, 0.1) is 12.4 Å². The summed E-state index contributed by atoms with van der Waals surface area (Å²) in [6.45, 7) is 3.97. The fourth-order valence-electron chi connectivity index (χ4n) is 2.83. The molecule has 29 heavy (non-hydrogen) atoms. The number of halogens is 1. The van der Waals surface area contributed by atoms with Crippen molar-refractivity contribution in [1.82, 2.24) is 0 Å². The van der Waals surface area contributed by atoms with Crippen LogP contribution in [-0.2, 0) is 9.53 Å². The monoisotopic (exact) mass is 445 g/mol. The molecule has 1 aromatic heterocycles. The van der Waals surface area contributed by atoms with Crippen molar-refractivity contribution in [3.63, 3.8) is 0 Å². The molecular formula is C22H20ClNO3S2. The summed E-state index contributed by atoms with van der Waals surface area (Å²) in [4.78, 5) is 27.1. The molecule has 0 aliphatic carbocycles. The Morgan fingerprint density at radius 2 is 1.79 bits per heavy atom. The highest BCUT2D eigenvalue weighted by molar-refractivity contribution is 8.00. The Bertz CT molecular complexity index is 1000. The van der Waals surface area contributed by atoms with Crippen molar-refractivity contribution in [3.05, 3.63) is 70.1 Å². The number of thiophene rings is 1. The number of benzene rings is 2. The molecule has 4 nitrogen and oxygen atoms in total. The van der Waals surface area contributed by atoms with Crippen LogP contribution in [0.3, 0.4) is 0 Å². The summed E-state index contributed by atoms with van der Waals surface area (Å²) in [5, 5.41) is 4.06. The summed E-state index contributed by atoms with van der Waals surface area (Å²) in [7, 11) is 0. The average molecular weight is 446 g/mol. The molecule has 7 heteroatoms. The Morgan fingerprint density at radius 3 is 2.45 bits per heavy atom. The van der Waals surface area contributed by atoms with E-state index in [2.05, 4.69) is 5.32 Å². The zero-order valence-corrected chi connectivity index (χ0v) is 18.4. The van der Waals surface area contributed by atoms with Crippen molar-refractivity contribution >= 4 is 51.6 Å². The fraction of sp³-hybridized carbons (Fsp3) is 0.182. The summed E-state index contributed by atoms with van der Waals surface area (Å²) >= 11 is 8.68. The van der Waals surface area contributed by atoms with Gasteiger partial charge in [0.1, 0.15) is 10.6 Å². The first-order chi connectivity index (χ1) is 14.0. The zero-order valence-electron chi connectivity index (χ0n) is 16.0. The Kier molecular flexibility index (Phi) is 7.36. The molecule has 2 aromatic carbocycles. The van der Waals surface area contributed by atoms with Crippen LogP contribution in [0.25, 0.3) is 11.1 Å². The molecule has 0 spiro atoms. The van der Waals surface area contributed by atoms with Gasteiger partial charge in [-0.2, -0.15) is 0 Å². The molecule has 0 aliphatic rings. The molecule has 0 fully saturated rings. The van der Waals surface area contributed by atoms with Crippen LogP contribution in [0.5, 0.6) is 0 Å². The number of anilines is 1. The molecule has 1 amide bonds. The van der Waals surface area contributed by atoms with Gasteiger partial charge < -0.3 is 10.1 Å². The molecule has 150 valence electrons. The highest BCUT2D eigenvalue weighted by Gasteiger charge is 2.25.